The molecular weight excluding hydrogens is 228 g/mol. The summed E-state index contributed by atoms with van der Waals surface area (Å²) in [6, 6.07) is 0. The fourth-order valence-electron chi connectivity index (χ4n) is 3.01. The molecule has 18 heavy (non-hydrogen) atoms. The Balaban J connectivity index is 1.70. The number of carbonyl (C=O) groups is 1. The molecule has 2 fully saturated rings. The molecule has 0 saturated carbocycles. The van der Waals surface area contributed by atoms with Gasteiger partial charge in [-0.25, -0.2) is 0 Å². The van der Waals surface area contributed by atoms with Gasteiger partial charge in [0, 0.05) is 26.6 Å². The van der Waals surface area contributed by atoms with Gasteiger partial charge in [-0.2, -0.15) is 0 Å². The molecule has 2 rings (SSSR count). The lowest BCUT2D eigenvalue weighted by Crippen LogP contribution is -2.43. The van der Waals surface area contributed by atoms with Gasteiger partial charge in [-0.3, -0.25) is 4.79 Å². The molecule has 0 aliphatic carbocycles. The molecule has 1 N–H and O–H groups in total. The van der Waals surface area contributed by atoms with Gasteiger partial charge in [0.25, 0.3) is 0 Å². The summed E-state index contributed by atoms with van der Waals surface area (Å²) in [5.41, 5.74) is 0. The molecule has 0 aromatic rings. The number of nitrogens with zero attached hydrogens (tertiary/aromatic N) is 1. The van der Waals surface area contributed by atoms with E-state index >= 15 is 0 Å². The zero-order chi connectivity index (χ0) is 12.8. The van der Waals surface area contributed by atoms with Gasteiger partial charge in [0.2, 0.25) is 5.91 Å². The van der Waals surface area contributed by atoms with Crippen LogP contribution in [0.3, 0.4) is 0 Å². The third kappa shape index (κ3) is 3.95. The van der Waals surface area contributed by atoms with Crippen molar-refractivity contribution in [2.24, 2.45) is 5.92 Å². The van der Waals surface area contributed by atoms with E-state index in [1.807, 2.05) is 4.90 Å². The molecule has 2 atom stereocenters. The number of hydrogen-bond donors (Lipinski definition) is 1. The summed E-state index contributed by atoms with van der Waals surface area (Å²) in [5, 5.41) is 3.41. The van der Waals surface area contributed by atoms with Gasteiger partial charge >= 0.3 is 0 Å². The van der Waals surface area contributed by atoms with Crippen LogP contribution >= 0.6 is 0 Å². The quantitative estimate of drug-likeness (QED) is 0.824. The summed E-state index contributed by atoms with van der Waals surface area (Å²) < 4.78 is 5.36. The highest BCUT2D eigenvalue weighted by molar-refractivity contribution is 5.76. The van der Waals surface area contributed by atoms with E-state index in [1.54, 1.807) is 7.11 Å². The molecular formula is C14H26N2O2. The second-order valence-corrected chi connectivity index (χ2v) is 5.59. The monoisotopic (exact) mass is 254 g/mol. The summed E-state index contributed by atoms with van der Waals surface area (Å²) in [4.78, 5) is 14.1. The van der Waals surface area contributed by atoms with Crippen LogP contribution in [0.25, 0.3) is 0 Å². The fourth-order valence-corrected chi connectivity index (χ4v) is 3.01. The van der Waals surface area contributed by atoms with E-state index in [1.165, 1.54) is 12.8 Å². The van der Waals surface area contributed by atoms with Gasteiger partial charge in [0.1, 0.15) is 0 Å². The van der Waals surface area contributed by atoms with Crippen LogP contribution in [0.1, 0.15) is 38.5 Å². The smallest absolute Gasteiger partial charge is 0.222 e. The van der Waals surface area contributed by atoms with Crippen LogP contribution in [0, 0.1) is 5.92 Å². The Labute approximate surface area is 110 Å². The predicted molar refractivity (Wildman–Crippen MR) is 71.4 cm³/mol. The molecule has 2 unspecified atom stereocenters. The Bertz CT molecular complexity index is 265. The van der Waals surface area contributed by atoms with Crippen molar-refractivity contribution in [1.82, 2.24) is 10.2 Å². The van der Waals surface area contributed by atoms with Crippen molar-refractivity contribution in [2.45, 2.75) is 44.6 Å². The first kappa shape index (κ1) is 13.8. The first-order valence-electron chi connectivity index (χ1n) is 7.31. The molecule has 2 aliphatic rings. The summed E-state index contributed by atoms with van der Waals surface area (Å²) in [6.07, 6.45) is 6.71. The van der Waals surface area contributed by atoms with E-state index in [0.717, 1.165) is 45.4 Å². The van der Waals surface area contributed by atoms with E-state index in [2.05, 4.69) is 5.32 Å². The number of carbonyl (C=O) groups excluding carboxylic acids is 1. The van der Waals surface area contributed by atoms with E-state index in [4.69, 9.17) is 4.74 Å². The first-order valence-corrected chi connectivity index (χ1v) is 7.31. The van der Waals surface area contributed by atoms with Crippen LogP contribution in [0.4, 0.5) is 0 Å². The van der Waals surface area contributed by atoms with Gasteiger partial charge in [0.15, 0.2) is 0 Å². The largest absolute Gasteiger partial charge is 0.380 e. The third-order valence-electron chi connectivity index (χ3n) is 4.23. The molecule has 2 heterocycles. The number of amides is 1. The lowest BCUT2D eigenvalue weighted by Gasteiger charge is -2.32. The van der Waals surface area contributed by atoms with Crippen LogP contribution in [-0.4, -0.2) is 50.2 Å². The number of hydrogen-bond acceptors (Lipinski definition) is 3. The Hall–Kier alpha value is -0.610. The Kier molecular flexibility index (Phi) is 5.45. The minimum absolute atomic E-state index is 0.249. The van der Waals surface area contributed by atoms with Crippen LogP contribution in [-0.2, 0) is 9.53 Å². The van der Waals surface area contributed by atoms with Crippen molar-refractivity contribution < 1.29 is 9.53 Å². The highest BCUT2D eigenvalue weighted by atomic mass is 16.5. The molecule has 0 bridgehead atoms. The summed E-state index contributed by atoms with van der Waals surface area (Å²) in [6.45, 7) is 3.94. The molecule has 4 heteroatoms. The second kappa shape index (κ2) is 7.10. The Morgan fingerprint density at radius 3 is 3.00 bits per heavy atom. The maximum Gasteiger partial charge on any atom is 0.222 e. The SMILES string of the molecule is COC1CCCN(C(=O)CCC2CCCNC2)C1. The van der Waals surface area contributed by atoms with Gasteiger partial charge in [-0.05, 0) is 51.1 Å². The van der Waals surface area contributed by atoms with E-state index < -0.39 is 0 Å². The van der Waals surface area contributed by atoms with E-state index in [9.17, 15) is 4.79 Å². The molecule has 0 spiro atoms. The van der Waals surface area contributed by atoms with E-state index in [-0.39, 0.29) is 6.10 Å². The van der Waals surface area contributed by atoms with Crippen molar-refractivity contribution >= 4 is 5.91 Å². The van der Waals surface area contributed by atoms with Gasteiger partial charge in [-0.15, -0.1) is 0 Å². The Morgan fingerprint density at radius 2 is 2.28 bits per heavy atom. The first-order chi connectivity index (χ1) is 8.79. The number of piperidine rings is 2. The van der Waals surface area contributed by atoms with Crippen molar-refractivity contribution in [3.63, 3.8) is 0 Å². The molecule has 0 aromatic carbocycles. The summed E-state index contributed by atoms with van der Waals surface area (Å²) in [5.74, 6) is 1.02. The van der Waals surface area contributed by atoms with Gasteiger partial charge < -0.3 is 15.0 Å². The number of nitrogens with one attached hydrogen (secondary N) is 1. The van der Waals surface area contributed by atoms with E-state index in [0.29, 0.717) is 18.2 Å². The summed E-state index contributed by atoms with van der Waals surface area (Å²) in [7, 11) is 1.74. The molecule has 0 radical (unpaired) electrons. The number of rotatable bonds is 4. The fraction of sp³-hybridized carbons (Fsp3) is 0.929. The molecule has 104 valence electrons. The second-order valence-electron chi connectivity index (χ2n) is 5.59. The predicted octanol–water partition coefficient (Wildman–Crippen LogP) is 1.40. The molecule has 4 nitrogen and oxygen atoms in total. The minimum Gasteiger partial charge on any atom is -0.380 e. The minimum atomic E-state index is 0.249. The number of ether oxygens (including phenoxy) is 1. The van der Waals surface area contributed by atoms with Gasteiger partial charge in [0.05, 0.1) is 6.10 Å². The molecule has 2 aliphatic heterocycles. The highest BCUT2D eigenvalue weighted by Crippen LogP contribution is 2.18. The van der Waals surface area contributed by atoms with Crippen LogP contribution < -0.4 is 5.32 Å². The van der Waals surface area contributed by atoms with Crippen molar-refractivity contribution in [1.29, 1.82) is 0 Å². The summed E-state index contributed by atoms with van der Waals surface area (Å²) >= 11 is 0. The molecule has 2 saturated heterocycles. The zero-order valence-corrected chi connectivity index (χ0v) is 11.5. The maximum absolute atomic E-state index is 12.2. The van der Waals surface area contributed by atoms with Crippen LogP contribution in [0.5, 0.6) is 0 Å². The zero-order valence-electron chi connectivity index (χ0n) is 11.5. The van der Waals surface area contributed by atoms with Crippen molar-refractivity contribution in [3.8, 4) is 0 Å². The third-order valence-corrected chi connectivity index (χ3v) is 4.23. The average Bonchev–Trinajstić information content (AvgIpc) is 2.46. The highest BCUT2D eigenvalue weighted by Gasteiger charge is 2.24. The van der Waals surface area contributed by atoms with Gasteiger partial charge in [-0.1, -0.05) is 0 Å². The number of likely N-dealkylation sites (tertiary alicyclic amines) is 1. The average molecular weight is 254 g/mol. The standard InChI is InChI=1S/C14H26N2O2/c1-18-13-5-3-9-16(11-13)14(17)7-6-12-4-2-8-15-10-12/h12-13,15H,2-11H2,1H3. The Morgan fingerprint density at radius 1 is 1.39 bits per heavy atom. The molecule has 1 amide bonds. The number of methoxy groups -OCH3 is 1. The van der Waals surface area contributed by atoms with Crippen LogP contribution in [0.2, 0.25) is 0 Å². The normalized spacial score (nSPS) is 29.3. The maximum atomic E-state index is 12.2. The molecule has 0 aromatic heterocycles. The lowest BCUT2D eigenvalue weighted by atomic mass is 9.94. The van der Waals surface area contributed by atoms with Crippen LogP contribution in [0.15, 0.2) is 0 Å². The topological polar surface area (TPSA) is 41.6 Å². The van der Waals surface area contributed by atoms with Crippen molar-refractivity contribution in [3.05, 3.63) is 0 Å². The lowest BCUT2D eigenvalue weighted by molar-refractivity contribution is -0.135. The van der Waals surface area contributed by atoms with Crippen molar-refractivity contribution in [2.75, 3.05) is 33.3 Å².